The molecule has 1 rings (SSSR count). The predicted octanol–water partition coefficient (Wildman–Crippen LogP) is 0.896. The van der Waals surface area contributed by atoms with Crippen LogP contribution in [0.15, 0.2) is 23.1 Å². The van der Waals surface area contributed by atoms with Gasteiger partial charge >= 0.3 is 12.1 Å². The maximum absolute atomic E-state index is 12.1. The molecular weight excluding hydrogens is 301 g/mol. The number of methoxy groups -OCH3 is 1. The van der Waals surface area contributed by atoms with Crippen LogP contribution in [0.2, 0.25) is 0 Å². The number of carbonyl (C=O) groups is 1. The highest BCUT2D eigenvalue weighted by atomic mass is 32.2. The first-order chi connectivity index (χ1) is 9.07. The van der Waals surface area contributed by atoms with E-state index in [0.717, 1.165) is 19.2 Å². The number of nitrogens with two attached hydrogens (primary N) is 1. The van der Waals surface area contributed by atoms with Gasteiger partial charge in [0.1, 0.15) is 6.54 Å². The molecule has 3 N–H and O–H groups in total. The van der Waals surface area contributed by atoms with Crippen LogP contribution in [-0.2, 0) is 14.8 Å². The number of hydrogen-bond acceptors (Lipinski definition) is 5. The highest BCUT2D eigenvalue weighted by Crippen LogP contribution is 2.21. The number of sulfonamides is 1. The zero-order valence-electron chi connectivity index (χ0n) is 10.2. The van der Waals surface area contributed by atoms with Crippen molar-refractivity contribution in [3.63, 3.8) is 0 Å². The summed E-state index contributed by atoms with van der Waals surface area (Å²) in [5.41, 5.74) is 4.95. The minimum Gasteiger partial charge on any atom is -0.465 e. The molecule has 0 aliphatic carbocycles. The molecule has 10 heteroatoms. The summed E-state index contributed by atoms with van der Waals surface area (Å²) in [6.07, 6.45) is -4.72. The van der Waals surface area contributed by atoms with Crippen molar-refractivity contribution < 1.29 is 31.1 Å². The number of alkyl halides is 3. The standard InChI is InChI=1S/C10H11F3N2O4S/c1-19-9(16)7-3-2-6(14)4-8(7)20(17,18)15-5-10(11,12)13/h2-4,15H,5,14H2,1H3. The molecule has 0 spiro atoms. The second kappa shape index (κ2) is 5.67. The first kappa shape index (κ1) is 16.2. The fourth-order valence-corrected chi connectivity index (χ4v) is 2.54. The average molecular weight is 312 g/mol. The lowest BCUT2D eigenvalue weighted by molar-refractivity contribution is -0.121. The third-order valence-corrected chi connectivity index (χ3v) is 3.60. The van der Waals surface area contributed by atoms with E-state index in [4.69, 9.17) is 5.73 Å². The number of ether oxygens (including phenoxy) is 1. The summed E-state index contributed by atoms with van der Waals surface area (Å²) in [5, 5.41) is 0. The largest absolute Gasteiger partial charge is 0.465 e. The van der Waals surface area contributed by atoms with Gasteiger partial charge in [0, 0.05) is 5.69 Å². The molecule has 1 aromatic rings. The van der Waals surface area contributed by atoms with Gasteiger partial charge in [-0.15, -0.1) is 0 Å². The molecule has 0 atom stereocenters. The van der Waals surface area contributed by atoms with Gasteiger partial charge in [-0.25, -0.2) is 17.9 Å². The number of rotatable bonds is 4. The van der Waals surface area contributed by atoms with Gasteiger partial charge in [0.25, 0.3) is 0 Å². The zero-order chi connectivity index (χ0) is 15.6. The lowest BCUT2D eigenvalue weighted by Gasteiger charge is -2.12. The first-order valence-electron chi connectivity index (χ1n) is 5.11. The van der Waals surface area contributed by atoms with Gasteiger partial charge in [-0.2, -0.15) is 13.2 Å². The summed E-state index contributed by atoms with van der Waals surface area (Å²) < 4.78 is 65.5. The number of nitrogens with one attached hydrogen (secondary N) is 1. The Morgan fingerprint density at radius 1 is 1.40 bits per heavy atom. The summed E-state index contributed by atoms with van der Waals surface area (Å²) in [7, 11) is -3.54. The minimum absolute atomic E-state index is 0.0231. The Morgan fingerprint density at radius 2 is 2.00 bits per heavy atom. The van der Waals surface area contributed by atoms with Crippen molar-refractivity contribution in [2.24, 2.45) is 0 Å². The zero-order valence-corrected chi connectivity index (χ0v) is 11.0. The number of nitrogen functional groups attached to an aromatic ring is 1. The van der Waals surface area contributed by atoms with Gasteiger partial charge < -0.3 is 10.5 Å². The Bertz CT molecular complexity index is 613. The molecule has 0 heterocycles. The van der Waals surface area contributed by atoms with Crippen molar-refractivity contribution in [1.82, 2.24) is 4.72 Å². The fourth-order valence-electron chi connectivity index (χ4n) is 1.29. The lowest BCUT2D eigenvalue weighted by Crippen LogP contribution is -2.34. The summed E-state index contributed by atoms with van der Waals surface area (Å²) in [4.78, 5) is 10.7. The number of halogens is 3. The number of benzene rings is 1. The van der Waals surface area contributed by atoms with E-state index in [1.807, 2.05) is 0 Å². The van der Waals surface area contributed by atoms with Crippen LogP contribution in [0.25, 0.3) is 0 Å². The average Bonchev–Trinajstić information content (AvgIpc) is 2.35. The van der Waals surface area contributed by atoms with Gasteiger partial charge in [-0.3, -0.25) is 0 Å². The maximum atomic E-state index is 12.1. The summed E-state index contributed by atoms with van der Waals surface area (Å²) in [5.74, 6) is -1.00. The van der Waals surface area contributed by atoms with Gasteiger partial charge in [0.05, 0.1) is 17.6 Å². The molecule has 0 unspecified atom stereocenters. The smallest absolute Gasteiger partial charge is 0.402 e. The summed E-state index contributed by atoms with van der Waals surface area (Å²) in [6.45, 7) is -1.76. The third-order valence-electron chi connectivity index (χ3n) is 2.16. The summed E-state index contributed by atoms with van der Waals surface area (Å²) in [6, 6.07) is 3.17. The lowest BCUT2D eigenvalue weighted by atomic mass is 10.2. The molecule has 20 heavy (non-hydrogen) atoms. The molecular formula is C10H11F3N2O4S. The van der Waals surface area contributed by atoms with E-state index >= 15 is 0 Å². The van der Waals surface area contributed by atoms with Crippen LogP contribution in [0.1, 0.15) is 10.4 Å². The number of esters is 1. The Balaban J connectivity index is 3.23. The molecule has 0 saturated carbocycles. The second-order valence-electron chi connectivity index (χ2n) is 3.69. The molecule has 0 radical (unpaired) electrons. The van der Waals surface area contributed by atoms with E-state index in [1.165, 1.54) is 10.8 Å². The van der Waals surface area contributed by atoms with E-state index in [-0.39, 0.29) is 5.69 Å². The highest BCUT2D eigenvalue weighted by molar-refractivity contribution is 7.89. The maximum Gasteiger partial charge on any atom is 0.402 e. The number of anilines is 1. The highest BCUT2D eigenvalue weighted by Gasteiger charge is 2.31. The Labute approximate surface area is 112 Å². The van der Waals surface area contributed by atoms with Crippen molar-refractivity contribution in [3.8, 4) is 0 Å². The number of carbonyl (C=O) groups excluding carboxylic acids is 1. The van der Waals surface area contributed by atoms with Crippen molar-refractivity contribution in [2.75, 3.05) is 19.4 Å². The monoisotopic (exact) mass is 312 g/mol. The van der Waals surface area contributed by atoms with Crippen LogP contribution < -0.4 is 10.5 Å². The third kappa shape index (κ3) is 4.10. The van der Waals surface area contributed by atoms with Crippen molar-refractivity contribution >= 4 is 21.7 Å². The van der Waals surface area contributed by atoms with Crippen LogP contribution in [0.3, 0.4) is 0 Å². The van der Waals surface area contributed by atoms with Crippen LogP contribution in [0.5, 0.6) is 0 Å². The van der Waals surface area contributed by atoms with Crippen molar-refractivity contribution in [3.05, 3.63) is 23.8 Å². The quantitative estimate of drug-likeness (QED) is 0.635. The van der Waals surface area contributed by atoms with Crippen molar-refractivity contribution in [1.29, 1.82) is 0 Å². The summed E-state index contributed by atoms with van der Waals surface area (Å²) >= 11 is 0. The van der Waals surface area contributed by atoms with E-state index in [1.54, 1.807) is 0 Å². The van der Waals surface area contributed by atoms with Crippen LogP contribution >= 0.6 is 0 Å². The van der Waals surface area contributed by atoms with E-state index in [2.05, 4.69) is 4.74 Å². The minimum atomic E-state index is -4.72. The van der Waals surface area contributed by atoms with E-state index in [9.17, 15) is 26.4 Å². The van der Waals surface area contributed by atoms with Crippen molar-refractivity contribution in [2.45, 2.75) is 11.1 Å². The Kier molecular flexibility index (Phi) is 4.61. The van der Waals surface area contributed by atoms with Gasteiger partial charge in [-0.1, -0.05) is 0 Å². The van der Waals surface area contributed by atoms with E-state index in [0.29, 0.717) is 0 Å². The number of hydrogen-bond donors (Lipinski definition) is 2. The normalized spacial score (nSPS) is 12.2. The molecule has 0 amide bonds. The molecule has 0 aromatic heterocycles. The van der Waals surface area contributed by atoms with Crippen LogP contribution in [0, 0.1) is 0 Å². The van der Waals surface area contributed by atoms with E-state index < -0.39 is 39.2 Å². The fraction of sp³-hybridized carbons (Fsp3) is 0.300. The molecule has 6 nitrogen and oxygen atoms in total. The molecule has 0 saturated heterocycles. The van der Waals surface area contributed by atoms with Gasteiger partial charge in [0.15, 0.2) is 0 Å². The Morgan fingerprint density at radius 3 is 2.50 bits per heavy atom. The van der Waals surface area contributed by atoms with Crippen LogP contribution in [0.4, 0.5) is 18.9 Å². The van der Waals surface area contributed by atoms with Gasteiger partial charge in [0.2, 0.25) is 10.0 Å². The predicted molar refractivity (Wildman–Crippen MR) is 63.4 cm³/mol. The topological polar surface area (TPSA) is 98.5 Å². The SMILES string of the molecule is COC(=O)c1ccc(N)cc1S(=O)(=O)NCC(F)(F)F. The second-order valence-corrected chi connectivity index (χ2v) is 5.42. The van der Waals surface area contributed by atoms with Crippen LogP contribution in [-0.4, -0.2) is 34.2 Å². The molecule has 0 bridgehead atoms. The molecule has 112 valence electrons. The van der Waals surface area contributed by atoms with Gasteiger partial charge in [-0.05, 0) is 18.2 Å². The molecule has 1 aromatic carbocycles. The molecule has 0 fully saturated rings. The molecule has 0 aliphatic heterocycles. The molecule has 0 aliphatic rings. The Hall–Kier alpha value is -1.81. The first-order valence-corrected chi connectivity index (χ1v) is 6.59.